The molecule has 0 aliphatic carbocycles. The van der Waals surface area contributed by atoms with E-state index in [0.29, 0.717) is 29.3 Å². The van der Waals surface area contributed by atoms with Gasteiger partial charge in [0, 0.05) is 38.6 Å². The molecule has 0 saturated carbocycles. The van der Waals surface area contributed by atoms with Gasteiger partial charge in [-0.3, -0.25) is 5.10 Å². The van der Waals surface area contributed by atoms with Crippen molar-refractivity contribution in [1.29, 1.82) is 0 Å². The van der Waals surface area contributed by atoms with Crippen LogP contribution in [0.4, 0.5) is 19.0 Å². The Morgan fingerprint density at radius 2 is 2.08 bits per heavy atom. The molecule has 1 aliphatic rings. The second-order valence-electron chi connectivity index (χ2n) is 5.97. The van der Waals surface area contributed by atoms with Crippen molar-refractivity contribution in [2.75, 3.05) is 25.0 Å². The Morgan fingerprint density at radius 3 is 2.80 bits per heavy atom. The zero-order valence-corrected chi connectivity index (χ0v) is 13.1. The van der Waals surface area contributed by atoms with Gasteiger partial charge in [0.1, 0.15) is 11.5 Å². The van der Waals surface area contributed by atoms with Crippen molar-refractivity contribution >= 4 is 16.9 Å². The number of nitrogens with one attached hydrogen (secondary N) is 3. The third kappa shape index (κ3) is 3.02. The molecule has 0 bridgehead atoms. The number of rotatable bonds is 4. The van der Waals surface area contributed by atoms with Crippen molar-refractivity contribution in [3.05, 3.63) is 36.0 Å². The van der Waals surface area contributed by atoms with Crippen molar-refractivity contribution < 1.29 is 14.6 Å². The summed E-state index contributed by atoms with van der Waals surface area (Å²) < 4.78 is 40.3. The van der Waals surface area contributed by atoms with Crippen molar-refractivity contribution in [3.63, 3.8) is 0 Å². The third-order valence-corrected chi connectivity index (χ3v) is 4.20. The molecule has 1 saturated heterocycles. The van der Waals surface area contributed by atoms with Gasteiger partial charge in [-0.1, -0.05) is 0 Å². The Balaban J connectivity index is 0.00000196. The predicted molar refractivity (Wildman–Crippen MR) is 89.1 cm³/mol. The number of hydrogen-bond acceptors (Lipinski definition) is 5. The highest BCUT2D eigenvalue weighted by Crippen LogP contribution is 2.38. The zero-order chi connectivity index (χ0) is 17.4. The van der Waals surface area contributed by atoms with Gasteiger partial charge < -0.3 is 10.6 Å². The predicted octanol–water partition coefficient (Wildman–Crippen LogP) is 2.92. The van der Waals surface area contributed by atoms with Gasteiger partial charge in [0.25, 0.3) is 0 Å². The lowest BCUT2D eigenvalue weighted by Gasteiger charge is -2.27. The largest absolute Gasteiger partial charge is 0.418 e. The number of alkyl halides is 3. The summed E-state index contributed by atoms with van der Waals surface area (Å²) in [6.45, 7) is 2.46. The maximum Gasteiger partial charge on any atom is 0.418 e. The van der Waals surface area contributed by atoms with Gasteiger partial charge in [0.05, 0.1) is 11.3 Å². The molecule has 0 amide bonds. The zero-order valence-electron chi connectivity index (χ0n) is 13.1. The minimum Gasteiger partial charge on any atom is -0.370 e. The second-order valence-corrected chi connectivity index (χ2v) is 5.97. The summed E-state index contributed by atoms with van der Waals surface area (Å²) >= 11 is 0. The maximum absolute atomic E-state index is 13.4. The number of aromatic nitrogens is 4. The molecule has 6 nitrogen and oxygen atoms in total. The Morgan fingerprint density at radius 1 is 1.24 bits per heavy atom. The lowest BCUT2D eigenvalue weighted by atomic mass is 10.0. The number of halogens is 3. The molecule has 3 aromatic rings. The lowest BCUT2D eigenvalue weighted by molar-refractivity contribution is -0.137. The number of hydrogen-bond donors (Lipinski definition) is 3. The minimum atomic E-state index is -4.52. The Kier molecular flexibility index (Phi) is 3.79. The average molecular weight is 350 g/mol. The summed E-state index contributed by atoms with van der Waals surface area (Å²) in [5.41, 5.74) is -0.423. The van der Waals surface area contributed by atoms with Crippen LogP contribution in [-0.4, -0.2) is 39.8 Å². The standard InChI is InChI=1S/C16H15F3N6.H2/c17-16(18,19)11-3-4-12(22-8-9-6-20-7-9)23-14(11)13-10-2-1-5-21-15(10)25-24-13;/h1-5,9,20H,6-8H2,(H,22,23)(H,21,24,25);1H. The van der Waals surface area contributed by atoms with Crippen molar-refractivity contribution in [2.45, 2.75) is 6.18 Å². The fourth-order valence-electron chi connectivity index (χ4n) is 2.75. The SMILES string of the molecule is FC(F)(F)c1ccc(NCC2CNC2)nc1-c1[nH]nc2ncccc12.[HH]. The normalized spacial score (nSPS) is 15.3. The molecule has 0 spiro atoms. The molecule has 4 heterocycles. The molecule has 0 radical (unpaired) electrons. The van der Waals surface area contributed by atoms with E-state index in [-0.39, 0.29) is 12.8 Å². The third-order valence-electron chi connectivity index (χ3n) is 4.20. The molecular weight excluding hydrogens is 333 g/mol. The minimum absolute atomic E-state index is 0. The molecule has 25 heavy (non-hydrogen) atoms. The van der Waals surface area contributed by atoms with Gasteiger partial charge >= 0.3 is 6.18 Å². The van der Waals surface area contributed by atoms with Crippen LogP contribution in [0, 0.1) is 5.92 Å². The molecule has 1 aliphatic heterocycles. The Labute approximate surface area is 142 Å². The monoisotopic (exact) mass is 350 g/mol. The van der Waals surface area contributed by atoms with Crippen LogP contribution in [0.3, 0.4) is 0 Å². The highest BCUT2D eigenvalue weighted by atomic mass is 19.4. The molecule has 0 atom stereocenters. The van der Waals surface area contributed by atoms with Crippen LogP contribution < -0.4 is 10.6 Å². The molecule has 0 aromatic carbocycles. The van der Waals surface area contributed by atoms with Crippen LogP contribution in [0.1, 0.15) is 6.99 Å². The number of anilines is 1. The molecule has 4 rings (SSSR count). The quantitative estimate of drug-likeness (QED) is 0.674. The summed E-state index contributed by atoms with van der Waals surface area (Å²) in [5.74, 6) is 0.867. The molecule has 132 valence electrons. The Hall–Kier alpha value is -2.68. The Bertz CT molecular complexity index is 906. The van der Waals surface area contributed by atoms with Crippen LogP contribution in [0.25, 0.3) is 22.4 Å². The summed E-state index contributed by atoms with van der Waals surface area (Å²) in [7, 11) is 0. The molecule has 3 aromatic heterocycles. The summed E-state index contributed by atoms with van der Waals surface area (Å²) in [4.78, 5) is 8.26. The van der Waals surface area contributed by atoms with E-state index in [4.69, 9.17) is 0 Å². The number of pyridine rings is 2. The van der Waals surface area contributed by atoms with Crippen molar-refractivity contribution in [2.24, 2.45) is 5.92 Å². The van der Waals surface area contributed by atoms with Crippen LogP contribution >= 0.6 is 0 Å². The van der Waals surface area contributed by atoms with E-state index in [1.54, 1.807) is 12.1 Å². The highest BCUT2D eigenvalue weighted by Gasteiger charge is 2.35. The first-order valence-corrected chi connectivity index (χ1v) is 7.84. The smallest absolute Gasteiger partial charge is 0.370 e. The summed E-state index contributed by atoms with van der Waals surface area (Å²) in [6.07, 6.45) is -2.98. The van der Waals surface area contributed by atoms with Crippen LogP contribution in [0.5, 0.6) is 0 Å². The van der Waals surface area contributed by atoms with Gasteiger partial charge in [-0.15, -0.1) is 0 Å². The van der Waals surface area contributed by atoms with Gasteiger partial charge in [-0.05, 0) is 24.3 Å². The van der Waals surface area contributed by atoms with E-state index in [0.717, 1.165) is 19.2 Å². The van der Waals surface area contributed by atoms with Crippen molar-refractivity contribution in [1.82, 2.24) is 25.5 Å². The van der Waals surface area contributed by atoms with Crippen molar-refractivity contribution in [3.8, 4) is 11.4 Å². The molecule has 0 unspecified atom stereocenters. The van der Waals surface area contributed by atoms with E-state index in [1.807, 2.05) is 0 Å². The molecular formula is C16H17F3N6. The number of fused-ring (bicyclic) bond motifs is 1. The number of H-pyrrole nitrogens is 1. The summed E-state index contributed by atoms with van der Waals surface area (Å²) in [6, 6.07) is 5.73. The first kappa shape index (κ1) is 15.8. The molecule has 9 heteroatoms. The topological polar surface area (TPSA) is 78.5 Å². The van der Waals surface area contributed by atoms with E-state index < -0.39 is 11.7 Å². The number of nitrogens with zero attached hydrogens (tertiary/aromatic N) is 3. The lowest BCUT2D eigenvalue weighted by Crippen LogP contribution is -2.45. The first-order valence-electron chi connectivity index (χ1n) is 7.84. The second kappa shape index (κ2) is 5.99. The molecule has 1 fully saturated rings. The van der Waals surface area contributed by atoms with Crippen LogP contribution in [0.2, 0.25) is 0 Å². The van der Waals surface area contributed by atoms with E-state index >= 15 is 0 Å². The van der Waals surface area contributed by atoms with E-state index in [2.05, 4.69) is 30.8 Å². The maximum atomic E-state index is 13.4. The van der Waals surface area contributed by atoms with Gasteiger partial charge in [-0.25, -0.2) is 9.97 Å². The van der Waals surface area contributed by atoms with E-state index in [1.165, 1.54) is 12.3 Å². The fourth-order valence-corrected chi connectivity index (χ4v) is 2.75. The van der Waals surface area contributed by atoms with E-state index in [9.17, 15) is 13.2 Å². The van der Waals surface area contributed by atoms with Crippen LogP contribution in [0.15, 0.2) is 30.5 Å². The molecule has 3 N–H and O–H groups in total. The first-order chi connectivity index (χ1) is 12.0. The van der Waals surface area contributed by atoms with Gasteiger partial charge in [0.2, 0.25) is 0 Å². The highest BCUT2D eigenvalue weighted by molar-refractivity contribution is 5.90. The van der Waals surface area contributed by atoms with Crippen LogP contribution in [-0.2, 0) is 6.18 Å². The number of aromatic amines is 1. The summed E-state index contributed by atoms with van der Waals surface area (Å²) in [5, 5.41) is 13.4. The fraction of sp³-hybridized carbons (Fsp3) is 0.312. The average Bonchev–Trinajstić information content (AvgIpc) is 2.96. The van der Waals surface area contributed by atoms with Gasteiger partial charge in [-0.2, -0.15) is 18.3 Å². The van der Waals surface area contributed by atoms with Gasteiger partial charge in [0.15, 0.2) is 5.65 Å².